The minimum atomic E-state index is -0.513. The van der Waals surface area contributed by atoms with Gasteiger partial charge in [0.15, 0.2) is 34.5 Å². The average molecular weight is 399 g/mol. The van der Waals surface area contributed by atoms with E-state index in [4.69, 9.17) is 24.7 Å². The summed E-state index contributed by atoms with van der Waals surface area (Å²) in [6.45, 7) is 0. The van der Waals surface area contributed by atoms with E-state index in [0.29, 0.717) is 34.4 Å². The molecule has 0 radical (unpaired) electrons. The van der Waals surface area contributed by atoms with Gasteiger partial charge < -0.3 is 30.0 Å². The molecule has 3 N–H and O–H groups in total. The summed E-state index contributed by atoms with van der Waals surface area (Å²) in [6, 6.07) is 10.1. The summed E-state index contributed by atoms with van der Waals surface area (Å²) in [4.78, 5) is 12.6. The van der Waals surface area contributed by atoms with Crippen molar-refractivity contribution in [3.63, 3.8) is 0 Å². The quantitative estimate of drug-likeness (QED) is 0.619. The maximum absolute atomic E-state index is 12.6. The Morgan fingerprint density at radius 1 is 0.897 bits per heavy atom. The molecule has 0 unspecified atom stereocenters. The van der Waals surface area contributed by atoms with Gasteiger partial charge in [0.05, 0.1) is 34.1 Å². The van der Waals surface area contributed by atoms with Crippen molar-refractivity contribution < 1.29 is 23.7 Å². The second-order valence-electron chi connectivity index (χ2n) is 5.80. The molecule has 3 rings (SSSR count). The Kier molecular flexibility index (Phi) is 5.72. The molecule has 10 nitrogen and oxygen atoms in total. The van der Waals surface area contributed by atoms with Gasteiger partial charge in [-0.3, -0.25) is 4.79 Å². The molecule has 2 aromatic carbocycles. The fraction of sp³-hybridized carbons (Fsp3) is 0.211. The predicted octanol–water partition coefficient (Wildman–Crippen LogP) is 2.14. The SMILES string of the molecule is COc1ccc(NC(=O)c2nnn(-c3ccc(OC)c(OC)c3)c2N)cc1OC. The highest BCUT2D eigenvalue weighted by Gasteiger charge is 2.20. The van der Waals surface area contributed by atoms with E-state index in [1.165, 1.54) is 33.1 Å². The normalized spacial score (nSPS) is 10.3. The second-order valence-corrected chi connectivity index (χ2v) is 5.80. The zero-order chi connectivity index (χ0) is 21.0. The fourth-order valence-electron chi connectivity index (χ4n) is 2.70. The first-order chi connectivity index (χ1) is 14.0. The van der Waals surface area contributed by atoms with Crippen LogP contribution in [0.3, 0.4) is 0 Å². The van der Waals surface area contributed by atoms with Crippen molar-refractivity contribution in [3.05, 3.63) is 42.1 Å². The lowest BCUT2D eigenvalue weighted by Crippen LogP contribution is -2.15. The van der Waals surface area contributed by atoms with Gasteiger partial charge in [0.2, 0.25) is 0 Å². The number of amides is 1. The zero-order valence-corrected chi connectivity index (χ0v) is 16.4. The number of carbonyl (C=O) groups excluding carboxylic acids is 1. The topological polar surface area (TPSA) is 123 Å². The molecular formula is C19H21N5O5. The molecule has 0 aliphatic heterocycles. The molecule has 0 saturated heterocycles. The maximum Gasteiger partial charge on any atom is 0.280 e. The molecule has 3 aromatic rings. The Hall–Kier alpha value is -3.95. The third-order valence-corrected chi connectivity index (χ3v) is 4.17. The summed E-state index contributed by atoms with van der Waals surface area (Å²) in [6.07, 6.45) is 0. The second kappa shape index (κ2) is 8.38. The number of hydrogen-bond donors (Lipinski definition) is 2. The van der Waals surface area contributed by atoms with Crippen LogP contribution in [0.25, 0.3) is 5.69 Å². The number of ether oxygens (including phenoxy) is 4. The van der Waals surface area contributed by atoms with Gasteiger partial charge in [-0.2, -0.15) is 4.68 Å². The summed E-state index contributed by atoms with van der Waals surface area (Å²) in [7, 11) is 6.10. The number of benzene rings is 2. The highest BCUT2D eigenvalue weighted by atomic mass is 16.5. The van der Waals surface area contributed by atoms with Gasteiger partial charge in [-0.05, 0) is 24.3 Å². The Labute approximate surface area is 167 Å². The Morgan fingerprint density at radius 3 is 2.10 bits per heavy atom. The number of nitrogens with zero attached hydrogens (tertiary/aromatic N) is 3. The Bertz CT molecular complexity index is 1030. The van der Waals surface area contributed by atoms with Gasteiger partial charge in [-0.1, -0.05) is 5.21 Å². The van der Waals surface area contributed by atoms with Crippen LogP contribution in [0, 0.1) is 0 Å². The third kappa shape index (κ3) is 3.86. The third-order valence-electron chi connectivity index (χ3n) is 4.17. The monoisotopic (exact) mass is 399 g/mol. The van der Waals surface area contributed by atoms with Crippen LogP contribution in [0.1, 0.15) is 10.5 Å². The van der Waals surface area contributed by atoms with E-state index in [0.717, 1.165) is 0 Å². The number of hydrogen-bond acceptors (Lipinski definition) is 8. The first-order valence-electron chi connectivity index (χ1n) is 8.49. The molecule has 0 saturated carbocycles. The molecule has 152 valence electrons. The molecule has 1 heterocycles. The van der Waals surface area contributed by atoms with E-state index in [9.17, 15) is 4.79 Å². The number of nitrogen functional groups attached to an aromatic ring is 1. The van der Waals surface area contributed by atoms with E-state index < -0.39 is 5.91 Å². The van der Waals surface area contributed by atoms with Crippen LogP contribution in [-0.2, 0) is 0 Å². The van der Waals surface area contributed by atoms with Gasteiger partial charge in [0, 0.05) is 17.8 Å². The van der Waals surface area contributed by atoms with E-state index in [-0.39, 0.29) is 11.5 Å². The molecule has 10 heteroatoms. The molecule has 1 aromatic heterocycles. The van der Waals surface area contributed by atoms with Crippen LogP contribution in [-0.4, -0.2) is 49.3 Å². The summed E-state index contributed by atoms with van der Waals surface area (Å²) in [5, 5.41) is 10.6. The molecule has 29 heavy (non-hydrogen) atoms. The number of aromatic nitrogens is 3. The summed E-state index contributed by atoms with van der Waals surface area (Å²) in [5.41, 5.74) is 7.16. The van der Waals surface area contributed by atoms with E-state index in [1.54, 1.807) is 36.4 Å². The van der Waals surface area contributed by atoms with Crippen LogP contribution in [0.5, 0.6) is 23.0 Å². The summed E-state index contributed by atoms with van der Waals surface area (Å²) in [5.74, 6) is 1.64. The van der Waals surface area contributed by atoms with Crippen molar-refractivity contribution in [1.29, 1.82) is 0 Å². The summed E-state index contributed by atoms with van der Waals surface area (Å²) < 4.78 is 22.3. The molecule has 1 amide bonds. The molecule has 0 fully saturated rings. The fourth-order valence-corrected chi connectivity index (χ4v) is 2.70. The highest BCUT2D eigenvalue weighted by molar-refractivity contribution is 6.06. The molecule has 0 bridgehead atoms. The first-order valence-corrected chi connectivity index (χ1v) is 8.49. The minimum absolute atomic E-state index is 0.0189. The van der Waals surface area contributed by atoms with Gasteiger partial charge >= 0.3 is 0 Å². The van der Waals surface area contributed by atoms with E-state index >= 15 is 0 Å². The Morgan fingerprint density at radius 2 is 1.48 bits per heavy atom. The number of anilines is 2. The molecular weight excluding hydrogens is 378 g/mol. The molecule has 0 spiro atoms. The zero-order valence-electron chi connectivity index (χ0n) is 16.4. The van der Waals surface area contributed by atoms with Crippen LogP contribution < -0.4 is 30.0 Å². The standard InChI is InChI=1S/C19H21N5O5/c1-26-13-7-5-11(9-15(13)28-3)21-19(25)17-18(20)24(23-22-17)12-6-8-14(27-2)16(10-12)29-4/h5-10H,20H2,1-4H3,(H,21,25). The van der Waals surface area contributed by atoms with E-state index in [1.807, 2.05) is 0 Å². The van der Waals surface area contributed by atoms with Gasteiger partial charge in [0.1, 0.15) is 0 Å². The largest absolute Gasteiger partial charge is 0.493 e. The van der Waals surface area contributed by atoms with Crippen LogP contribution in [0.15, 0.2) is 36.4 Å². The van der Waals surface area contributed by atoms with Crippen molar-refractivity contribution in [3.8, 4) is 28.7 Å². The first kappa shape index (κ1) is 19.8. The van der Waals surface area contributed by atoms with Crippen molar-refractivity contribution in [2.45, 2.75) is 0 Å². The predicted molar refractivity (Wildman–Crippen MR) is 106 cm³/mol. The number of nitrogens with two attached hydrogens (primary N) is 1. The minimum Gasteiger partial charge on any atom is -0.493 e. The Balaban J connectivity index is 1.86. The van der Waals surface area contributed by atoms with Crippen molar-refractivity contribution in [1.82, 2.24) is 15.0 Å². The lowest BCUT2D eigenvalue weighted by molar-refractivity contribution is 0.102. The molecule has 0 aliphatic rings. The highest BCUT2D eigenvalue weighted by Crippen LogP contribution is 2.31. The maximum atomic E-state index is 12.6. The molecule has 0 atom stereocenters. The van der Waals surface area contributed by atoms with Crippen LogP contribution >= 0.6 is 0 Å². The molecule has 0 aliphatic carbocycles. The number of rotatable bonds is 7. The number of carbonyl (C=O) groups is 1. The smallest absolute Gasteiger partial charge is 0.280 e. The summed E-state index contributed by atoms with van der Waals surface area (Å²) >= 11 is 0. The lowest BCUT2D eigenvalue weighted by Gasteiger charge is -2.11. The van der Waals surface area contributed by atoms with E-state index in [2.05, 4.69) is 15.6 Å². The van der Waals surface area contributed by atoms with Crippen molar-refractivity contribution >= 4 is 17.4 Å². The van der Waals surface area contributed by atoms with Crippen LogP contribution in [0.2, 0.25) is 0 Å². The average Bonchev–Trinajstić information content (AvgIpc) is 3.14. The number of methoxy groups -OCH3 is 4. The van der Waals surface area contributed by atoms with Gasteiger partial charge in [-0.25, -0.2) is 0 Å². The van der Waals surface area contributed by atoms with Gasteiger partial charge in [-0.15, -0.1) is 5.10 Å². The van der Waals surface area contributed by atoms with Crippen molar-refractivity contribution in [2.24, 2.45) is 0 Å². The van der Waals surface area contributed by atoms with Gasteiger partial charge in [0.25, 0.3) is 5.91 Å². The van der Waals surface area contributed by atoms with Crippen LogP contribution in [0.4, 0.5) is 11.5 Å². The van der Waals surface area contributed by atoms with Crippen molar-refractivity contribution in [2.75, 3.05) is 39.5 Å². The number of nitrogens with one attached hydrogen (secondary N) is 1. The lowest BCUT2D eigenvalue weighted by atomic mass is 10.2.